The van der Waals surface area contributed by atoms with Crippen LogP contribution >= 0.6 is 0 Å². The molecular formula is C11H21NO4. The van der Waals surface area contributed by atoms with E-state index in [-0.39, 0.29) is 12.0 Å². The molecule has 1 aliphatic rings. The van der Waals surface area contributed by atoms with Crippen LogP contribution in [0, 0.1) is 5.92 Å². The van der Waals surface area contributed by atoms with Crippen molar-refractivity contribution in [2.75, 3.05) is 40.1 Å². The minimum Gasteiger partial charge on any atom is -0.468 e. The van der Waals surface area contributed by atoms with Gasteiger partial charge in [-0.15, -0.1) is 0 Å². The van der Waals surface area contributed by atoms with E-state index in [9.17, 15) is 4.79 Å². The molecule has 0 aromatic rings. The van der Waals surface area contributed by atoms with Gasteiger partial charge in [0.2, 0.25) is 0 Å². The molecule has 0 amide bonds. The molecule has 16 heavy (non-hydrogen) atoms. The smallest absolute Gasteiger partial charge is 0.325 e. The number of hydrogen-bond donors (Lipinski definition) is 1. The predicted octanol–water partition coefficient (Wildman–Crippen LogP) is 0.191. The van der Waals surface area contributed by atoms with E-state index in [1.807, 2.05) is 6.92 Å². The highest BCUT2D eigenvalue weighted by molar-refractivity contribution is 5.75. The second-order valence-electron chi connectivity index (χ2n) is 3.90. The fourth-order valence-electron chi connectivity index (χ4n) is 1.67. The molecule has 1 N–H and O–H groups in total. The van der Waals surface area contributed by atoms with Gasteiger partial charge in [-0.2, -0.15) is 0 Å². The van der Waals surface area contributed by atoms with Gasteiger partial charge in [-0.1, -0.05) is 6.92 Å². The van der Waals surface area contributed by atoms with Crippen LogP contribution in [0.4, 0.5) is 0 Å². The third-order valence-corrected chi connectivity index (χ3v) is 2.60. The lowest BCUT2D eigenvalue weighted by Crippen LogP contribution is -2.41. The zero-order chi connectivity index (χ0) is 11.8. The molecule has 1 heterocycles. The first-order valence-corrected chi connectivity index (χ1v) is 5.74. The molecule has 1 rings (SSSR count). The lowest BCUT2D eigenvalue weighted by Gasteiger charge is -2.16. The van der Waals surface area contributed by atoms with Gasteiger partial charge in [-0.25, -0.2) is 0 Å². The molecule has 0 bridgehead atoms. The molecule has 2 unspecified atom stereocenters. The van der Waals surface area contributed by atoms with Crippen LogP contribution < -0.4 is 5.32 Å². The first-order valence-electron chi connectivity index (χ1n) is 5.74. The number of hydrogen-bond acceptors (Lipinski definition) is 5. The molecule has 94 valence electrons. The molecule has 1 aliphatic heterocycles. The molecule has 0 aromatic heterocycles. The van der Waals surface area contributed by atoms with Crippen LogP contribution in [0.15, 0.2) is 0 Å². The van der Waals surface area contributed by atoms with Crippen LogP contribution in [0.2, 0.25) is 0 Å². The van der Waals surface area contributed by atoms with Gasteiger partial charge in [0.1, 0.15) is 6.04 Å². The normalized spacial score (nSPS) is 22.0. The molecule has 0 aliphatic carbocycles. The summed E-state index contributed by atoms with van der Waals surface area (Å²) >= 11 is 0. The number of rotatable bonds is 7. The summed E-state index contributed by atoms with van der Waals surface area (Å²) in [6.45, 7) is 5.26. The van der Waals surface area contributed by atoms with Gasteiger partial charge in [0, 0.05) is 12.5 Å². The first-order chi connectivity index (χ1) is 7.77. The van der Waals surface area contributed by atoms with Gasteiger partial charge in [0.15, 0.2) is 0 Å². The van der Waals surface area contributed by atoms with Crippen molar-refractivity contribution < 1.29 is 19.0 Å². The number of nitrogens with one attached hydrogen (secondary N) is 1. The van der Waals surface area contributed by atoms with E-state index in [1.54, 1.807) is 0 Å². The van der Waals surface area contributed by atoms with E-state index in [2.05, 4.69) is 10.1 Å². The molecule has 1 saturated heterocycles. The summed E-state index contributed by atoms with van der Waals surface area (Å²) < 4.78 is 15.4. The highest BCUT2D eigenvalue weighted by Gasteiger charge is 2.20. The predicted molar refractivity (Wildman–Crippen MR) is 59.2 cm³/mol. The molecule has 2 atom stereocenters. The number of methoxy groups -OCH3 is 1. The highest BCUT2D eigenvalue weighted by atomic mass is 16.5. The van der Waals surface area contributed by atoms with Crippen molar-refractivity contribution in [2.24, 2.45) is 5.92 Å². The maximum Gasteiger partial charge on any atom is 0.325 e. The Morgan fingerprint density at radius 2 is 2.44 bits per heavy atom. The van der Waals surface area contributed by atoms with E-state index in [4.69, 9.17) is 9.47 Å². The zero-order valence-electron chi connectivity index (χ0n) is 10.0. The lowest BCUT2D eigenvalue weighted by molar-refractivity contribution is -0.144. The summed E-state index contributed by atoms with van der Waals surface area (Å²) in [6.07, 6.45) is 1.05. The topological polar surface area (TPSA) is 56.8 Å². The highest BCUT2D eigenvalue weighted by Crippen LogP contribution is 2.12. The van der Waals surface area contributed by atoms with Crippen molar-refractivity contribution in [3.8, 4) is 0 Å². The largest absolute Gasteiger partial charge is 0.468 e. The van der Waals surface area contributed by atoms with Crippen molar-refractivity contribution in [1.82, 2.24) is 5.32 Å². The molecule has 5 heteroatoms. The molecule has 0 spiro atoms. The van der Waals surface area contributed by atoms with Crippen molar-refractivity contribution in [2.45, 2.75) is 19.4 Å². The fourth-order valence-corrected chi connectivity index (χ4v) is 1.67. The van der Waals surface area contributed by atoms with E-state index >= 15 is 0 Å². The van der Waals surface area contributed by atoms with Crippen LogP contribution in [-0.2, 0) is 19.0 Å². The fraction of sp³-hybridized carbons (Fsp3) is 0.909. The third kappa shape index (κ3) is 4.47. The average molecular weight is 231 g/mol. The lowest BCUT2D eigenvalue weighted by atomic mass is 10.1. The Morgan fingerprint density at radius 1 is 1.62 bits per heavy atom. The van der Waals surface area contributed by atoms with Crippen molar-refractivity contribution in [3.05, 3.63) is 0 Å². The standard InChI is InChI=1S/C11H21NO4/c1-3-12-10(11(13)14-2)8-16-7-9-4-5-15-6-9/h9-10,12H,3-8H2,1-2H3. The van der Waals surface area contributed by atoms with Crippen LogP contribution in [0.25, 0.3) is 0 Å². The SMILES string of the molecule is CCNC(COCC1CCOC1)C(=O)OC. The number of ether oxygens (including phenoxy) is 3. The maximum atomic E-state index is 11.3. The molecule has 1 fully saturated rings. The Labute approximate surface area is 96.4 Å². The summed E-state index contributed by atoms with van der Waals surface area (Å²) in [5.74, 6) is 0.199. The van der Waals surface area contributed by atoms with E-state index < -0.39 is 0 Å². The Hall–Kier alpha value is -0.650. The summed E-state index contributed by atoms with van der Waals surface area (Å²) in [5, 5.41) is 3.03. The van der Waals surface area contributed by atoms with E-state index in [1.165, 1.54) is 7.11 Å². The number of carbonyl (C=O) groups is 1. The van der Waals surface area contributed by atoms with Gasteiger partial charge in [-0.05, 0) is 13.0 Å². The average Bonchev–Trinajstić information content (AvgIpc) is 2.80. The summed E-state index contributed by atoms with van der Waals surface area (Å²) in [5.41, 5.74) is 0. The first kappa shape index (κ1) is 13.4. The quantitative estimate of drug-likeness (QED) is 0.634. The van der Waals surface area contributed by atoms with Crippen molar-refractivity contribution in [1.29, 1.82) is 0 Å². The van der Waals surface area contributed by atoms with E-state index in [0.29, 0.717) is 19.1 Å². The van der Waals surface area contributed by atoms with Crippen molar-refractivity contribution >= 4 is 5.97 Å². The number of esters is 1. The summed E-state index contributed by atoms with van der Waals surface area (Å²) in [6, 6.07) is -0.364. The van der Waals surface area contributed by atoms with Gasteiger partial charge in [0.05, 0.1) is 26.9 Å². The van der Waals surface area contributed by atoms with Crippen LogP contribution in [-0.4, -0.2) is 52.1 Å². The Bertz CT molecular complexity index is 204. The Morgan fingerprint density at radius 3 is 3.00 bits per heavy atom. The minimum absolute atomic E-state index is 0.274. The van der Waals surface area contributed by atoms with Crippen LogP contribution in [0.5, 0.6) is 0 Å². The number of likely N-dealkylation sites (N-methyl/N-ethyl adjacent to an activating group) is 1. The molecule has 0 aromatic carbocycles. The number of carbonyl (C=O) groups excluding carboxylic acids is 1. The van der Waals surface area contributed by atoms with Crippen LogP contribution in [0.1, 0.15) is 13.3 Å². The third-order valence-electron chi connectivity index (χ3n) is 2.60. The Kier molecular flexibility index (Phi) is 6.37. The maximum absolute atomic E-state index is 11.3. The molecular weight excluding hydrogens is 210 g/mol. The van der Waals surface area contributed by atoms with Gasteiger partial charge >= 0.3 is 5.97 Å². The summed E-state index contributed by atoms with van der Waals surface area (Å²) in [4.78, 5) is 11.3. The molecule has 0 saturated carbocycles. The van der Waals surface area contributed by atoms with Crippen molar-refractivity contribution in [3.63, 3.8) is 0 Å². The summed E-state index contributed by atoms with van der Waals surface area (Å²) in [7, 11) is 1.39. The Balaban J connectivity index is 2.18. The monoisotopic (exact) mass is 231 g/mol. The second kappa shape index (κ2) is 7.60. The molecule has 5 nitrogen and oxygen atoms in total. The van der Waals surface area contributed by atoms with Crippen LogP contribution in [0.3, 0.4) is 0 Å². The second-order valence-corrected chi connectivity index (χ2v) is 3.90. The molecule has 0 radical (unpaired) electrons. The van der Waals surface area contributed by atoms with E-state index in [0.717, 1.165) is 26.2 Å². The van der Waals surface area contributed by atoms with Gasteiger partial charge < -0.3 is 19.5 Å². The zero-order valence-corrected chi connectivity index (χ0v) is 10.0. The van der Waals surface area contributed by atoms with Gasteiger partial charge in [-0.3, -0.25) is 4.79 Å². The minimum atomic E-state index is -0.364. The van der Waals surface area contributed by atoms with Gasteiger partial charge in [0.25, 0.3) is 0 Å².